The minimum Gasteiger partial charge on any atom is -0.458 e. The minimum absolute atomic E-state index is 0.0213. The van der Waals surface area contributed by atoms with E-state index in [0.717, 1.165) is 36.0 Å². The first-order chi connectivity index (χ1) is 13.4. The van der Waals surface area contributed by atoms with Gasteiger partial charge in [0.25, 0.3) is 0 Å². The molecule has 0 spiro atoms. The highest BCUT2D eigenvalue weighted by Crippen LogP contribution is 2.26. The van der Waals surface area contributed by atoms with Gasteiger partial charge in [0.2, 0.25) is 0 Å². The normalized spacial score (nSPS) is 18.6. The number of hydrogen-bond acceptors (Lipinski definition) is 6. The summed E-state index contributed by atoms with van der Waals surface area (Å²) in [5.74, 6) is -0.434. The Kier molecular flexibility index (Phi) is 7.87. The zero-order valence-corrected chi connectivity index (χ0v) is 19.4. The first-order valence-electron chi connectivity index (χ1n) is 10.2. The van der Waals surface area contributed by atoms with Crippen LogP contribution in [-0.2, 0) is 24.1 Å². The zero-order chi connectivity index (χ0) is 21.8. The molecule has 1 aromatic rings. The van der Waals surface area contributed by atoms with Gasteiger partial charge in [-0.05, 0) is 72.1 Å². The lowest BCUT2D eigenvalue weighted by molar-refractivity contribution is -0.160. The molecule has 0 radical (unpaired) electrons. The first kappa shape index (κ1) is 23.8. The van der Waals surface area contributed by atoms with Crippen molar-refractivity contribution in [2.45, 2.75) is 77.3 Å². The average Bonchev–Trinajstić information content (AvgIpc) is 2.53. The fourth-order valence-corrected chi connectivity index (χ4v) is 6.01. The summed E-state index contributed by atoms with van der Waals surface area (Å²) in [5, 5.41) is 0. The quantitative estimate of drug-likeness (QED) is 0.622. The van der Waals surface area contributed by atoms with E-state index in [1.165, 1.54) is 0 Å². The predicted octanol–water partition coefficient (Wildman–Crippen LogP) is 3.56. The maximum Gasteiger partial charge on any atom is 0.332 e. The van der Waals surface area contributed by atoms with E-state index in [1.54, 1.807) is 0 Å². The number of carbonyl (C=O) groups is 1. The van der Waals surface area contributed by atoms with Crippen molar-refractivity contribution in [3.8, 4) is 0 Å². The van der Waals surface area contributed by atoms with E-state index in [1.807, 2.05) is 58.6 Å². The fraction of sp³-hybridized carbons (Fsp3) is 0.682. The second-order valence-corrected chi connectivity index (χ2v) is 10.9. The summed E-state index contributed by atoms with van der Waals surface area (Å²) in [6.45, 7) is 12.0. The summed E-state index contributed by atoms with van der Waals surface area (Å²) in [4.78, 5) is 14.3. The second-order valence-electron chi connectivity index (χ2n) is 9.04. The predicted molar refractivity (Wildman–Crippen MR) is 114 cm³/mol. The van der Waals surface area contributed by atoms with Crippen molar-refractivity contribution < 1.29 is 22.7 Å². The third-order valence-corrected chi connectivity index (χ3v) is 6.89. The number of hydrogen-bond donors (Lipinski definition) is 0. The van der Waals surface area contributed by atoms with Crippen LogP contribution in [0.5, 0.6) is 0 Å². The van der Waals surface area contributed by atoms with E-state index < -0.39 is 21.4 Å². The molecule has 1 heterocycles. The van der Waals surface area contributed by atoms with Crippen LogP contribution in [0.1, 0.15) is 56.7 Å². The van der Waals surface area contributed by atoms with Crippen LogP contribution in [-0.4, -0.2) is 56.6 Å². The molecule has 7 heteroatoms. The van der Waals surface area contributed by atoms with Crippen LogP contribution >= 0.6 is 0 Å². The number of likely N-dealkylation sites (tertiary alicyclic amines) is 1. The fourth-order valence-electron chi connectivity index (χ4n) is 4.01. The maximum atomic E-state index is 13.2. The number of aryl methyl sites for hydroxylation is 3. The van der Waals surface area contributed by atoms with E-state index in [4.69, 9.17) is 9.47 Å². The van der Waals surface area contributed by atoms with E-state index >= 15 is 0 Å². The molecule has 0 aromatic heterocycles. The number of carbonyl (C=O) groups excluding carboxylic acids is 1. The third kappa shape index (κ3) is 7.08. The average molecular weight is 426 g/mol. The number of esters is 1. The van der Waals surface area contributed by atoms with Gasteiger partial charge in [-0.15, -0.1) is 0 Å². The summed E-state index contributed by atoms with van der Waals surface area (Å²) in [6.07, 6.45) is 2.85. The summed E-state index contributed by atoms with van der Waals surface area (Å²) < 4.78 is 37.2. The Hall–Kier alpha value is -1.44. The van der Waals surface area contributed by atoms with Gasteiger partial charge in [-0.3, -0.25) is 4.90 Å². The van der Waals surface area contributed by atoms with Gasteiger partial charge in [0, 0.05) is 6.04 Å². The van der Waals surface area contributed by atoms with Gasteiger partial charge >= 0.3 is 5.97 Å². The molecule has 0 aliphatic carbocycles. The molecule has 0 bridgehead atoms. The monoisotopic (exact) mass is 425 g/mol. The Bertz CT molecular complexity index is 803. The largest absolute Gasteiger partial charge is 0.458 e. The second kappa shape index (κ2) is 9.58. The number of rotatable bonds is 7. The maximum absolute atomic E-state index is 13.2. The molecular weight excluding hydrogens is 390 g/mol. The SMILES string of the molecule is Cc1cc(C)c(S(=O)(=O)CN2CCCCC2COCC(=O)OC(C)(C)C)c(C)c1. The highest BCUT2D eigenvalue weighted by Gasteiger charge is 2.30. The molecule has 1 aromatic carbocycles. The molecule has 164 valence electrons. The van der Waals surface area contributed by atoms with Crippen LogP contribution in [0.2, 0.25) is 0 Å². The number of ether oxygens (including phenoxy) is 2. The van der Waals surface area contributed by atoms with Crippen molar-refractivity contribution in [2.75, 3.05) is 25.6 Å². The Morgan fingerprint density at radius 1 is 1.14 bits per heavy atom. The molecule has 0 amide bonds. The molecule has 1 aliphatic heterocycles. The number of sulfone groups is 1. The van der Waals surface area contributed by atoms with Crippen molar-refractivity contribution in [1.82, 2.24) is 4.90 Å². The van der Waals surface area contributed by atoms with Crippen molar-refractivity contribution in [3.05, 3.63) is 28.8 Å². The smallest absolute Gasteiger partial charge is 0.332 e. The van der Waals surface area contributed by atoms with E-state index in [2.05, 4.69) is 0 Å². The molecule has 6 nitrogen and oxygen atoms in total. The molecule has 1 atom stereocenters. The van der Waals surface area contributed by atoms with Crippen LogP contribution in [0.4, 0.5) is 0 Å². The Balaban J connectivity index is 2.03. The molecule has 1 fully saturated rings. The van der Waals surface area contributed by atoms with E-state index in [-0.39, 0.29) is 18.5 Å². The first-order valence-corrected chi connectivity index (χ1v) is 11.9. The van der Waals surface area contributed by atoms with Crippen LogP contribution in [0.25, 0.3) is 0 Å². The van der Waals surface area contributed by atoms with Crippen LogP contribution in [0.3, 0.4) is 0 Å². The Morgan fingerprint density at radius 2 is 1.76 bits per heavy atom. The lowest BCUT2D eigenvalue weighted by Crippen LogP contribution is -2.45. The lowest BCUT2D eigenvalue weighted by Gasteiger charge is -2.35. The minimum atomic E-state index is -3.46. The molecule has 0 N–H and O–H groups in total. The van der Waals surface area contributed by atoms with Gasteiger partial charge in [0.1, 0.15) is 18.1 Å². The third-order valence-electron chi connectivity index (χ3n) is 4.95. The van der Waals surface area contributed by atoms with Gasteiger partial charge < -0.3 is 9.47 Å². The summed E-state index contributed by atoms with van der Waals surface area (Å²) in [5.41, 5.74) is 2.09. The van der Waals surface area contributed by atoms with E-state index in [0.29, 0.717) is 18.0 Å². The van der Waals surface area contributed by atoms with Gasteiger partial charge in [-0.2, -0.15) is 0 Å². The number of benzene rings is 1. The van der Waals surface area contributed by atoms with Crippen LogP contribution < -0.4 is 0 Å². The zero-order valence-electron chi connectivity index (χ0n) is 18.6. The van der Waals surface area contributed by atoms with Crippen molar-refractivity contribution in [1.29, 1.82) is 0 Å². The van der Waals surface area contributed by atoms with Crippen molar-refractivity contribution in [3.63, 3.8) is 0 Å². The lowest BCUT2D eigenvalue weighted by atomic mass is 10.0. The summed E-state index contributed by atoms with van der Waals surface area (Å²) in [7, 11) is -3.46. The Labute approximate surface area is 175 Å². The van der Waals surface area contributed by atoms with Gasteiger partial charge in [-0.25, -0.2) is 13.2 Å². The van der Waals surface area contributed by atoms with Gasteiger partial charge in [0.05, 0.1) is 11.5 Å². The molecule has 1 unspecified atom stereocenters. The molecule has 0 saturated carbocycles. The van der Waals surface area contributed by atoms with Crippen LogP contribution in [0.15, 0.2) is 17.0 Å². The molecule has 1 aliphatic rings. The highest BCUT2D eigenvalue weighted by molar-refractivity contribution is 7.91. The molecule has 29 heavy (non-hydrogen) atoms. The summed E-state index contributed by atoms with van der Waals surface area (Å²) in [6, 6.07) is 3.81. The van der Waals surface area contributed by atoms with Gasteiger partial charge in [0.15, 0.2) is 9.84 Å². The van der Waals surface area contributed by atoms with Crippen molar-refractivity contribution >= 4 is 15.8 Å². The topological polar surface area (TPSA) is 72.9 Å². The van der Waals surface area contributed by atoms with Crippen molar-refractivity contribution in [2.24, 2.45) is 0 Å². The van der Waals surface area contributed by atoms with E-state index in [9.17, 15) is 13.2 Å². The standard InChI is InChI=1S/C22H35NO5S/c1-16-11-17(2)21(18(3)12-16)29(25,26)15-23-10-8-7-9-19(23)13-27-14-20(24)28-22(4,5)6/h11-12,19H,7-10,13-15H2,1-6H3. The number of nitrogens with zero attached hydrogens (tertiary/aromatic N) is 1. The summed E-state index contributed by atoms with van der Waals surface area (Å²) >= 11 is 0. The molecular formula is C22H35NO5S. The van der Waals surface area contributed by atoms with Gasteiger partial charge in [-0.1, -0.05) is 24.1 Å². The molecule has 2 rings (SSSR count). The van der Waals surface area contributed by atoms with Crippen LogP contribution in [0, 0.1) is 20.8 Å². The Morgan fingerprint density at radius 3 is 2.34 bits per heavy atom. The highest BCUT2D eigenvalue weighted by atomic mass is 32.2. The molecule has 1 saturated heterocycles. The number of piperidine rings is 1.